The molecular weight excluding hydrogens is 508 g/mol. The van der Waals surface area contributed by atoms with Crippen molar-refractivity contribution in [3.63, 3.8) is 0 Å². The molecule has 0 aliphatic carbocycles. The van der Waals surface area contributed by atoms with Gasteiger partial charge in [0.15, 0.2) is 14.9 Å². The Morgan fingerprint density at radius 3 is 2.44 bits per heavy atom. The van der Waals surface area contributed by atoms with Crippen molar-refractivity contribution in [1.29, 1.82) is 5.26 Å². The fraction of sp³-hybridized carbons (Fsp3) is 0.522. The van der Waals surface area contributed by atoms with Crippen LogP contribution in [0.15, 0.2) is 18.3 Å². The van der Waals surface area contributed by atoms with Crippen LogP contribution in [-0.4, -0.2) is 80.7 Å². The van der Waals surface area contributed by atoms with Crippen LogP contribution in [0.4, 0.5) is 0 Å². The average molecular weight is 535 g/mol. The maximum atomic E-state index is 14.2. The van der Waals surface area contributed by atoms with Gasteiger partial charge in [0.2, 0.25) is 11.0 Å². The van der Waals surface area contributed by atoms with Crippen molar-refractivity contribution in [2.24, 2.45) is 5.41 Å². The van der Waals surface area contributed by atoms with E-state index in [1.165, 1.54) is 39.3 Å². The zero-order valence-electron chi connectivity index (χ0n) is 20.5. The van der Waals surface area contributed by atoms with Gasteiger partial charge in [0.05, 0.1) is 31.1 Å². The average Bonchev–Trinajstić information content (AvgIpc) is 3.11. The van der Waals surface area contributed by atoms with Gasteiger partial charge in [-0.1, -0.05) is 0 Å². The van der Waals surface area contributed by atoms with Gasteiger partial charge >= 0.3 is 0 Å². The molecule has 3 rings (SSSR count). The number of hydrogen-bond acceptors (Lipinski definition) is 11. The number of carbonyl (C=O) groups is 5. The van der Waals surface area contributed by atoms with Crippen molar-refractivity contribution in [3.05, 3.63) is 23.9 Å². The molecule has 0 saturated carbocycles. The summed E-state index contributed by atoms with van der Waals surface area (Å²) < 4.78 is 10.1. The standard InChI is InChI=1S/C23H26N4O7S2/c1-21(13-24)12-23(36-17(30)11-33-4)20(32)26(3)22(2,35-16(29)8-9-28)19(31)27(23)18(21)14-6-7-15(34-5)25-10-14/h6-7,9-10,18H,8,11-12H2,1-5H3/t18-,21+,22-,23?/m0/s1. The Morgan fingerprint density at radius 2 is 1.92 bits per heavy atom. The lowest BCUT2D eigenvalue weighted by molar-refractivity contribution is -0.163. The number of hydrogen-bond donors (Lipinski definition) is 0. The van der Waals surface area contributed by atoms with Gasteiger partial charge in [0, 0.05) is 32.8 Å². The highest BCUT2D eigenvalue weighted by Gasteiger charge is 2.71. The summed E-state index contributed by atoms with van der Waals surface area (Å²) >= 11 is 1.20. The van der Waals surface area contributed by atoms with Crippen molar-refractivity contribution in [2.45, 2.75) is 42.5 Å². The molecule has 0 bridgehead atoms. The van der Waals surface area contributed by atoms with Gasteiger partial charge in [-0.15, -0.1) is 0 Å². The Bertz CT molecular complexity index is 1140. The highest BCUT2D eigenvalue weighted by atomic mass is 32.2. The molecule has 3 heterocycles. The molecule has 1 aromatic rings. The van der Waals surface area contributed by atoms with Crippen LogP contribution < -0.4 is 4.74 Å². The van der Waals surface area contributed by atoms with E-state index in [2.05, 4.69) is 11.1 Å². The summed E-state index contributed by atoms with van der Waals surface area (Å²) in [5, 5.41) is 9.17. The zero-order chi connectivity index (χ0) is 26.9. The number of ether oxygens (including phenoxy) is 2. The summed E-state index contributed by atoms with van der Waals surface area (Å²) in [6, 6.07) is 4.48. The molecular formula is C23H26N4O7S2. The van der Waals surface area contributed by atoms with Crippen molar-refractivity contribution in [3.8, 4) is 11.9 Å². The summed E-state index contributed by atoms with van der Waals surface area (Å²) in [4.78, 5) is 67.5. The molecule has 2 aliphatic heterocycles. The third-order valence-electron chi connectivity index (χ3n) is 6.40. The van der Waals surface area contributed by atoms with Crippen LogP contribution in [0.1, 0.15) is 38.3 Å². The van der Waals surface area contributed by atoms with Crippen LogP contribution in [0.25, 0.3) is 0 Å². The first-order valence-electron chi connectivity index (χ1n) is 10.8. The van der Waals surface area contributed by atoms with E-state index in [0.29, 0.717) is 41.3 Å². The molecule has 192 valence electrons. The second-order valence-corrected chi connectivity index (χ2v) is 11.6. The molecule has 2 fully saturated rings. The lowest BCUT2D eigenvalue weighted by Gasteiger charge is -2.52. The van der Waals surface area contributed by atoms with E-state index < -0.39 is 49.7 Å². The van der Waals surface area contributed by atoms with Gasteiger partial charge in [-0.3, -0.25) is 19.2 Å². The van der Waals surface area contributed by atoms with E-state index in [0.717, 1.165) is 4.90 Å². The van der Waals surface area contributed by atoms with E-state index in [1.54, 1.807) is 19.1 Å². The predicted octanol–water partition coefficient (Wildman–Crippen LogP) is 1.53. The fourth-order valence-electron chi connectivity index (χ4n) is 4.66. The number of aromatic nitrogens is 1. The van der Waals surface area contributed by atoms with Gasteiger partial charge in [-0.25, -0.2) is 4.98 Å². The topological polar surface area (TPSA) is 147 Å². The maximum Gasteiger partial charge on any atom is 0.261 e. The lowest BCUT2D eigenvalue weighted by atomic mass is 9.80. The van der Waals surface area contributed by atoms with Crippen LogP contribution >= 0.6 is 23.5 Å². The minimum atomic E-state index is -1.76. The lowest BCUT2D eigenvalue weighted by Crippen LogP contribution is -2.71. The number of fused-ring (bicyclic) bond motifs is 1. The molecule has 0 radical (unpaired) electrons. The first-order chi connectivity index (χ1) is 16.9. The maximum absolute atomic E-state index is 14.2. The largest absolute Gasteiger partial charge is 0.481 e. The number of nitrogens with zero attached hydrogens (tertiary/aromatic N) is 4. The van der Waals surface area contributed by atoms with Crippen molar-refractivity contribution < 1.29 is 33.4 Å². The number of pyridine rings is 1. The first-order valence-corrected chi connectivity index (χ1v) is 12.5. The molecule has 4 atom stereocenters. The molecule has 0 N–H and O–H groups in total. The van der Waals surface area contributed by atoms with Gasteiger partial charge in [-0.05, 0) is 49.0 Å². The number of nitriles is 1. The highest BCUT2D eigenvalue weighted by Crippen LogP contribution is 2.62. The quantitative estimate of drug-likeness (QED) is 0.353. The number of methoxy groups -OCH3 is 2. The summed E-state index contributed by atoms with van der Waals surface area (Å²) in [6.45, 7) is 2.72. The molecule has 2 aliphatic rings. The summed E-state index contributed by atoms with van der Waals surface area (Å²) in [5.41, 5.74) is -0.843. The third kappa shape index (κ3) is 4.38. The van der Waals surface area contributed by atoms with Crippen molar-refractivity contribution >= 4 is 51.9 Å². The normalized spacial score (nSPS) is 29.5. The highest BCUT2D eigenvalue weighted by molar-refractivity contribution is 8.16. The van der Waals surface area contributed by atoms with Gasteiger partial charge in [0.25, 0.3) is 11.8 Å². The number of likely N-dealkylation sites (N-methyl/N-ethyl adjacent to an activating group) is 1. The summed E-state index contributed by atoms with van der Waals surface area (Å²) in [7, 11) is 4.15. The van der Waals surface area contributed by atoms with Crippen LogP contribution in [-0.2, 0) is 28.7 Å². The monoisotopic (exact) mass is 534 g/mol. The van der Waals surface area contributed by atoms with Crippen LogP contribution in [0.5, 0.6) is 5.88 Å². The Hall–Kier alpha value is -2.95. The van der Waals surface area contributed by atoms with E-state index in [4.69, 9.17) is 9.47 Å². The number of rotatable bonds is 8. The molecule has 0 aromatic carbocycles. The van der Waals surface area contributed by atoms with Crippen molar-refractivity contribution in [2.75, 3.05) is 27.9 Å². The second-order valence-electron chi connectivity index (χ2n) is 8.80. The molecule has 1 unspecified atom stereocenters. The summed E-state index contributed by atoms with van der Waals surface area (Å²) in [6.07, 6.45) is 1.29. The van der Waals surface area contributed by atoms with Crippen molar-refractivity contribution in [1.82, 2.24) is 14.8 Å². The van der Waals surface area contributed by atoms with E-state index in [9.17, 15) is 29.2 Å². The van der Waals surface area contributed by atoms with Gasteiger partial charge in [-0.2, -0.15) is 5.26 Å². The van der Waals surface area contributed by atoms with E-state index in [-0.39, 0.29) is 13.0 Å². The minimum Gasteiger partial charge on any atom is -0.481 e. The van der Waals surface area contributed by atoms with E-state index >= 15 is 0 Å². The Balaban J connectivity index is 2.25. The molecule has 11 nitrogen and oxygen atoms in total. The van der Waals surface area contributed by atoms with Crippen LogP contribution in [0.3, 0.4) is 0 Å². The number of amides is 2. The smallest absolute Gasteiger partial charge is 0.261 e. The molecule has 36 heavy (non-hydrogen) atoms. The van der Waals surface area contributed by atoms with E-state index in [1.807, 2.05) is 0 Å². The molecule has 2 saturated heterocycles. The number of piperazine rings is 1. The summed E-state index contributed by atoms with van der Waals surface area (Å²) in [5.74, 6) is -0.950. The SMILES string of the molecule is COCC(=O)SC12C[C@](C)(C#N)[C@H](c3ccc(OC)nc3)N1C(=O)[C@](C)(SC(=O)CC=O)N(C)C2=O. The predicted molar refractivity (Wildman–Crippen MR) is 130 cm³/mol. The van der Waals surface area contributed by atoms with Crippen LogP contribution in [0.2, 0.25) is 0 Å². The molecule has 1 aromatic heterocycles. The Morgan fingerprint density at radius 1 is 1.22 bits per heavy atom. The second kappa shape index (κ2) is 10.2. The first kappa shape index (κ1) is 27.6. The number of aldehydes is 1. The molecule has 2 amide bonds. The number of thioether (sulfide) groups is 2. The molecule has 13 heteroatoms. The Labute approximate surface area is 216 Å². The zero-order valence-corrected chi connectivity index (χ0v) is 22.1. The third-order valence-corrected chi connectivity index (χ3v) is 8.84. The minimum absolute atomic E-state index is 0.148. The van der Waals surface area contributed by atoms with Crippen LogP contribution in [0, 0.1) is 16.7 Å². The van der Waals surface area contributed by atoms with Gasteiger partial charge in [0.1, 0.15) is 12.9 Å². The number of carbonyl (C=O) groups excluding carboxylic acids is 5. The van der Waals surface area contributed by atoms with Gasteiger partial charge < -0.3 is 24.1 Å². The Kier molecular flexibility index (Phi) is 7.83. The fourth-order valence-corrected chi connectivity index (χ4v) is 7.09. The molecule has 0 spiro atoms.